The number of benzene rings is 1. The van der Waals surface area contributed by atoms with Gasteiger partial charge >= 0.3 is 16.4 Å². The SMILES string of the molecule is Cc1cccc(C(=O)OS(=O)(=O)O)c1. The topological polar surface area (TPSA) is 80.7 Å². The molecular formula is C8H8O5S. The minimum Gasteiger partial charge on any atom is -0.320 e. The van der Waals surface area contributed by atoms with E-state index in [9.17, 15) is 13.2 Å². The van der Waals surface area contributed by atoms with Crippen LogP contribution in [0.1, 0.15) is 15.9 Å². The van der Waals surface area contributed by atoms with Crippen molar-refractivity contribution in [2.45, 2.75) is 6.92 Å². The highest BCUT2D eigenvalue weighted by atomic mass is 32.3. The predicted molar refractivity (Wildman–Crippen MR) is 48.1 cm³/mol. The highest BCUT2D eigenvalue weighted by Crippen LogP contribution is 2.06. The van der Waals surface area contributed by atoms with Crippen molar-refractivity contribution in [1.29, 1.82) is 0 Å². The second-order valence-corrected chi connectivity index (χ2v) is 3.69. The van der Waals surface area contributed by atoms with Gasteiger partial charge in [-0.2, -0.15) is 8.42 Å². The van der Waals surface area contributed by atoms with Crippen molar-refractivity contribution in [1.82, 2.24) is 0 Å². The Balaban J connectivity index is 2.91. The minimum atomic E-state index is -4.73. The molecule has 14 heavy (non-hydrogen) atoms. The van der Waals surface area contributed by atoms with Crippen LogP contribution in [0.4, 0.5) is 0 Å². The Bertz CT molecular complexity index is 449. The van der Waals surface area contributed by atoms with Crippen LogP contribution in [0.5, 0.6) is 0 Å². The van der Waals surface area contributed by atoms with Crippen molar-refractivity contribution < 1.29 is 21.9 Å². The number of carbonyl (C=O) groups excluding carboxylic acids is 1. The Morgan fingerprint density at radius 2 is 2.07 bits per heavy atom. The Morgan fingerprint density at radius 3 is 2.57 bits per heavy atom. The van der Waals surface area contributed by atoms with Crippen molar-refractivity contribution in [2.75, 3.05) is 0 Å². The maximum atomic E-state index is 11.1. The van der Waals surface area contributed by atoms with Crippen LogP contribution in [-0.2, 0) is 14.6 Å². The van der Waals surface area contributed by atoms with Gasteiger partial charge in [0.1, 0.15) is 0 Å². The molecule has 0 bridgehead atoms. The van der Waals surface area contributed by atoms with Gasteiger partial charge in [-0.15, -0.1) is 0 Å². The van der Waals surface area contributed by atoms with Crippen molar-refractivity contribution >= 4 is 16.4 Å². The number of rotatable bonds is 2. The van der Waals surface area contributed by atoms with Crippen LogP contribution < -0.4 is 0 Å². The molecule has 0 heterocycles. The number of hydrogen-bond donors (Lipinski definition) is 1. The highest BCUT2D eigenvalue weighted by Gasteiger charge is 2.14. The molecule has 0 saturated carbocycles. The van der Waals surface area contributed by atoms with E-state index in [1.165, 1.54) is 12.1 Å². The molecule has 6 heteroatoms. The van der Waals surface area contributed by atoms with Crippen LogP contribution in [0.3, 0.4) is 0 Å². The third-order valence-electron chi connectivity index (χ3n) is 1.43. The molecule has 0 aliphatic heterocycles. The summed E-state index contributed by atoms with van der Waals surface area (Å²) in [6, 6.07) is 6.16. The Hall–Kier alpha value is -1.40. The van der Waals surface area contributed by atoms with E-state index >= 15 is 0 Å². The predicted octanol–water partition coefficient (Wildman–Crippen LogP) is 0.955. The summed E-state index contributed by atoms with van der Waals surface area (Å²) in [5.41, 5.74) is 0.859. The molecule has 0 fully saturated rings. The summed E-state index contributed by atoms with van der Waals surface area (Å²) >= 11 is 0. The lowest BCUT2D eigenvalue weighted by molar-refractivity contribution is 0.0727. The monoisotopic (exact) mass is 216 g/mol. The van der Waals surface area contributed by atoms with E-state index in [1.807, 2.05) is 0 Å². The highest BCUT2D eigenvalue weighted by molar-refractivity contribution is 7.81. The van der Waals surface area contributed by atoms with Gasteiger partial charge in [-0.05, 0) is 19.1 Å². The quantitative estimate of drug-likeness (QED) is 0.744. The van der Waals surface area contributed by atoms with Gasteiger partial charge in [0, 0.05) is 0 Å². The molecule has 0 saturated heterocycles. The van der Waals surface area contributed by atoms with Gasteiger partial charge in [0.15, 0.2) is 0 Å². The summed E-state index contributed by atoms with van der Waals surface area (Å²) in [5, 5.41) is 0. The fraction of sp³-hybridized carbons (Fsp3) is 0.125. The smallest absolute Gasteiger partial charge is 0.320 e. The lowest BCUT2D eigenvalue weighted by atomic mass is 10.1. The maximum Gasteiger partial charge on any atom is 0.449 e. The maximum absolute atomic E-state index is 11.1. The third-order valence-corrected chi connectivity index (χ3v) is 1.80. The van der Waals surface area contributed by atoms with Crippen molar-refractivity contribution in [3.05, 3.63) is 35.4 Å². The molecule has 1 N–H and O–H groups in total. The van der Waals surface area contributed by atoms with E-state index in [1.54, 1.807) is 19.1 Å². The fourth-order valence-electron chi connectivity index (χ4n) is 0.916. The zero-order valence-corrected chi connectivity index (χ0v) is 8.11. The van der Waals surface area contributed by atoms with Crippen molar-refractivity contribution in [2.24, 2.45) is 0 Å². The first-order chi connectivity index (χ1) is 6.38. The van der Waals surface area contributed by atoms with E-state index in [2.05, 4.69) is 4.18 Å². The molecule has 0 unspecified atom stereocenters. The second-order valence-electron chi connectivity index (χ2n) is 2.67. The van der Waals surface area contributed by atoms with Crippen LogP contribution in [-0.4, -0.2) is 18.9 Å². The van der Waals surface area contributed by atoms with Gasteiger partial charge in [-0.1, -0.05) is 17.7 Å². The summed E-state index contributed by atoms with van der Waals surface area (Å²) in [6.07, 6.45) is 0. The fourth-order valence-corrected chi connectivity index (χ4v) is 1.20. The molecule has 0 radical (unpaired) electrons. The van der Waals surface area contributed by atoms with Crippen molar-refractivity contribution in [3.8, 4) is 0 Å². The summed E-state index contributed by atoms with van der Waals surface area (Å²) in [7, 11) is -4.73. The lowest BCUT2D eigenvalue weighted by Crippen LogP contribution is -2.11. The second kappa shape index (κ2) is 3.77. The van der Waals surface area contributed by atoms with Gasteiger partial charge in [0.2, 0.25) is 0 Å². The summed E-state index contributed by atoms with van der Waals surface area (Å²) in [4.78, 5) is 11.1. The van der Waals surface area contributed by atoms with E-state index < -0.39 is 16.4 Å². The molecule has 0 spiro atoms. The van der Waals surface area contributed by atoms with Crippen molar-refractivity contribution in [3.63, 3.8) is 0 Å². The zero-order chi connectivity index (χ0) is 10.8. The molecule has 0 amide bonds. The lowest BCUT2D eigenvalue weighted by Gasteiger charge is -2.00. The summed E-state index contributed by atoms with van der Waals surface area (Å²) in [5.74, 6) is -1.10. The van der Waals surface area contributed by atoms with Crippen LogP contribution in [0, 0.1) is 6.92 Å². The van der Waals surface area contributed by atoms with E-state index in [-0.39, 0.29) is 5.56 Å². The Kier molecular flexibility index (Phi) is 2.87. The van der Waals surface area contributed by atoms with E-state index in [0.29, 0.717) is 0 Å². The molecule has 0 aliphatic carbocycles. The molecule has 1 rings (SSSR count). The first kappa shape index (κ1) is 10.7. The zero-order valence-electron chi connectivity index (χ0n) is 7.30. The Morgan fingerprint density at radius 1 is 1.43 bits per heavy atom. The minimum absolute atomic E-state index is 0.0719. The van der Waals surface area contributed by atoms with Gasteiger partial charge in [-0.25, -0.2) is 4.79 Å². The Labute approximate surface area is 81.3 Å². The normalized spacial score (nSPS) is 11.0. The molecule has 1 aromatic rings. The number of carbonyl (C=O) groups is 1. The average Bonchev–Trinajstić information content (AvgIpc) is 2.01. The molecule has 0 aromatic heterocycles. The van der Waals surface area contributed by atoms with E-state index in [4.69, 9.17) is 4.55 Å². The van der Waals surface area contributed by atoms with Gasteiger partial charge in [0.05, 0.1) is 5.56 Å². The molecular weight excluding hydrogens is 208 g/mol. The largest absolute Gasteiger partial charge is 0.449 e. The van der Waals surface area contributed by atoms with Crippen LogP contribution in [0.2, 0.25) is 0 Å². The summed E-state index contributed by atoms with van der Waals surface area (Å²) in [6.45, 7) is 1.74. The number of hydrogen-bond acceptors (Lipinski definition) is 4. The van der Waals surface area contributed by atoms with Crippen LogP contribution in [0.15, 0.2) is 24.3 Å². The molecule has 1 aromatic carbocycles. The number of aryl methyl sites for hydroxylation is 1. The third kappa shape index (κ3) is 3.15. The van der Waals surface area contributed by atoms with Crippen LogP contribution >= 0.6 is 0 Å². The standard InChI is InChI=1S/C8H8O5S/c1-6-3-2-4-7(5-6)8(9)13-14(10,11)12/h2-5H,1H3,(H,10,11,12). The molecule has 76 valence electrons. The first-order valence-corrected chi connectivity index (χ1v) is 5.03. The molecule has 5 nitrogen and oxygen atoms in total. The van der Waals surface area contributed by atoms with Gasteiger partial charge < -0.3 is 4.18 Å². The molecule has 0 aliphatic rings. The molecule has 0 atom stereocenters. The van der Waals surface area contributed by atoms with E-state index in [0.717, 1.165) is 5.56 Å². The van der Waals surface area contributed by atoms with Gasteiger partial charge in [-0.3, -0.25) is 4.55 Å². The van der Waals surface area contributed by atoms with Gasteiger partial charge in [0.25, 0.3) is 0 Å². The summed E-state index contributed by atoms with van der Waals surface area (Å²) < 4.78 is 32.4. The first-order valence-electron chi connectivity index (χ1n) is 3.66. The van der Waals surface area contributed by atoms with Crippen LogP contribution in [0.25, 0.3) is 0 Å². The average molecular weight is 216 g/mol.